The molecule has 4 nitrogen and oxygen atoms in total. The van der Waals surface area contributed by atoms with Gasteiger partial charge in [0.05, 0.1) is 12.6 Å². The fraction of sp³-hybridized carbons (Fsp3) is 0.333. The Labute approximate surface area is 76.4 Å². The van der Waals surface area contributed by atoms with Crippen LogP contribution in [0.4, 0.5) is 0 Å². The quantitative estimate of drug-likeness (QED) is 0.627. The molecule has 1 saturated heterocycles. The summed E-state index contributed by atoms with van der Waals surface area (Å²) >= 11 is 0. The number of hydrogen-bond donors (Lipinski definition) is 2. The minimum Gasteiger partial charge on any atom is -0.353 e. The molecule has 1 fully saturated rings. The highest BCUT2D eigenvalue weighted by Crippen LogP contribution is 2.11. The SMILES string of the molecule is O=C1CN[C@H](c2cccnc2)CN1. The third-order valence-electron chi connectivity index (χ3n) is 2.10. The number of rotatable bonds is 1. The third kappa shape index (κ3) is 1.84. The number of amides is 1. The van der Waals surface area contributed by atoms with Crippen LogP contribution in [0.5, 0.6) is 0 Å². The van der Waals surface area contributed by atoms with Crippen molar-refractivity contribution in [3.63, 3.8) is 0 Å². The van der Waals surface area contributed by atoms with Gasteiger partial charge in [-0.3, -0.25) is 15.1 Å². The minimum atomic E-state index is 0.0557. The first-order valence-corrected chi connectivity index (χ1v) is 4.26. The third-order valence-corrected chi connectivity index (χ3v) is 2.10. The zero-order chi connectivity index (χ0) is 9.10. The molecule has 1 aliphatic rings. The van der Waals surface area contributed by atoms with Crippen molar-refractivity contribution in [1.29, 1.82) is 0 Å². The molecule has 1 atom stereocenters. The molecule has 0 aliphatic carbocycles. The summed E-state index contributed by atoms with van der Waals surface area (Å²) in [5, 5.41) is 5.93. The van der Waals surface area contributed by atoms with E-state index < -0.39 is 0 Å². The summed E-state index contributed by atoms with van der Waals surface area (Å²) in [6.07, 6.45) is 3.56. The lowest BCUT2D eigenvalue weighted by atomic mass is 10.1. The first-order valence-electron chi connectivity index (χ1n) is 4.26. The van der Waals surface area contributed by atoms with Crippen LogP contribution >= 0.6 is 0 Å². The van der Waals surface area contributed by atoms with Crippen LogP contribution in [0, 0.1) is 0 Å². The highest BCUT2D eigenvalue weighted by atomic mass is 16.2. The van der Waals surface area contributed by atoms with Crippen molar-refractivity contribution in [3.8, 4) is 0 Å². The molecule has 1 aromatic heterocycles. The molecular formula is C9H11N3O. The van der Waals surface area contributed by atoms with E-state index >= 15 is 0 Å². The van der Waals surface area contributed by atoms with Crippen molar-refractivity contribution in [1.82, 2.24) is 15.6 Å². The lowest BCUT2D eigenvalue weighted by molar-refractivity contribution is -0.121. The van der Waals surface area contributed by atoms with E-state index in [1.807, 2.05) is 18.3 Å². The molecule has 0 bridgehead atoms. The Morgan fingerprint density at radius 3 is 3.08 bits per heavy atom. The van der Waals surface area contributed by atoms with Gasteiger partial charge in [-0.1, -0.05) is 6.07 Å². The number of pyridine rings is 1. The maximum Gasteiger partial charge on any atom is 0.234 e. The number of nitrogens with one attached hydrogen (secondary N) is 2. The normalized spacial score (nSPS) is 22.5. The Balaban J connectivity index is 2.07. The molecule has 0 aromatic carbocycles. The van der Waals surface area contributed by atoms with Gasteiger partial charge in [0.2, 0.25) is 5.91 Å². The second-order valence-corrected chi connectivity index (χ2v) is 3.02. The Kier molecular flexibility index (Phi) is 2.23. The zero-order valence-electron chi connectivity index (χ0n) is 7.16. The van der Waals surface area contributed by atoms with Crippen LogP contribution in [-0.2, 0) is 4.79 Å². The van der Waals surface area contributed by atoms with Gasteiger partial charge in [0.15, 0.2) is 0 Å². The topological polar surface area (TPSA) is 54.0 Å². The van der Waals surface area contributed by atoms with Crippen LogP contribution in [-0.4, -0.2) is 24.0 Å². The van der Waals surface area contributed by atoms with Crippen molar-refractivity contribution in [2.24, 2.45) is 0 Å². The van der Waals surface area contributed by atoms with E-state index in [-0.39, 0.29) is 11.9 Å². The van der Waals surface area contributed by atoms with Gasteiger partial charge in [0.1, 0.15) is 0 Å². The molecular weight excluding hydrogens is 166 g/mol. The summed E-state index contributed by atoms with van der Waals surface area (Å²) in [5.41, 5.74) is 1.11. The average Bonchev–Trinajstić information content (AvgIpc) is 2.20. The van der Waals surface area contributed by atoms with Crippen molar-refractivity contribution in [2.45, 2.75) is 6.04 Å². The van der Waals surface area contributed by atoms with Gasteiger partial charge in [-0.05, 0) is 11.6 Å². The second-order valence-electron chi connectivity index (χ2n) is 3.02. The fourth-order valence-corrected chi connectivity index (χ4v) is 1.38. The molecule has 2 N–H and O–H groups in total. The van der Waals surface area contributed by atoms with E-state index in [1.165, 1.54) is 0 Å². The highest BCUT2D eigenvalue weighted by Gasteiger charge is 2.17. The van der Waals surface area contributed by atoms with Gasteiger partial charge in [-0.15, -0.1) is 0 Å². The van der Waals surface area contributed by atoms with Gasteiger partial charge in [0, 0.05) is 18.9 Å². The molecule has 0 spiro atoms. The lowest BCUT2D eigenvalue weighted by Crippen LogP contribution is -2.46. The van der Waals surface area contributed by atoms with Gasteiger partial charge < -0.3 is 5.32 Å². The standard InChI is InChI=1S/C9H11N3O/c13-9-6-11-8(5-12-9)7-2-1-3-10-4-7/h1-4,8,11H,5-6H2,(H,12,13)/t8-/m0/s1. The van der Waals surface area contributed by atoms with E-state index in [9.17, 15) is 4.79 Å². The first-order chi connectivity index (χ1) is 6.36. The molecule has 1 aromatic rings. The second kappa shape index (κ2) is 3.53. The van der Waals surface area contributed by atoms with Gasteiger partial charge in [0.25, 0.3) is 0 Å². The van der Waals surface area contributed by atoms with Crippen LogP contribution in [0.3, 0.4) is 0 Å². The lowest BCUT2D eigenvalue weighted by Gasteiger charge is -2.23. The molecule has 13 heavy (non-hydrogen) atoms. The van der Waals surface area contributed by atoms with Gasteiger partial charge >= 0.3 is 0 Å². The molecule has 1 aliphatic heterocycles. The van der Waals surface area contributed by atoms with Crippen molar-refractivity contribution in [3.05, 3.63) is 30.1 Å². The number of piperazine rings is 1. The van der Waals surface area contributed by atoms with Gasteiger partial charge in [-0.2, -0.15) is 0 Å². The maximum absolute atomic E-state index is 10.9. The molecule has 68 valence electrons. The molecule has 2 heterocycles. The molecule has 2 rings (SSSR count). The van der Waals surface area contributed by atoms with Crippen molar-refractivity contribution in [2.75, 3.05) is 13.1 Å². The number of carbonyl (C=O) groups is 1. The summed E-state index contributed by atoms with van der Waals surface area (Å²) in [5.74, 6) is 0.0557. The van der Waals surface area contributed by atoms with E-state index in [0.717, 1.165) is 5.56 Å². The molecule has 4 heteroatoms. The summed E-state index contributed by atoms with van der Waals surface area (Å²) in [6, 6.07) is 4.10. The summed E-state index contributed by atoms with van der Waals surface area (Å²) in [6.45, 7) is 1.03. The average molecular weight is 177 g/mol. The van der Waals surface area contributed by atoms with E-state index in [4.69, 9.17) is 0 Å². The number of hydrogen-bond acceptors (Lipinski definition) is 3. The summed E-state index contributed by atoms with van der Waals surface area (Å²) in [7, 11) is 0. The Morgan fingerprint density at radius 2 is 2.46 bits per heavy atom. The molecule has 0 radical (unpaired) electrons. The van der Waals surface area contributed by atoms with Crippen LogP contribution < -0.4 is 10.6 Å². The maximum atomic E-state index is 10.9. The van der Waals surface area contributed by atoms with E-state index in [0.29, 0.717) is 13.1 Å². The van der Waals surface area contributed by atoms with E-state index in [1.54, 1.807) is 6.20 Å². The Morgan fingerprint density at radius 1 is 1.54 bits per heavy atom. The predicted octanol–water partition coefficient (Wildman–Crippen LogP) is -0.158. The first kappa shape index (κ1) is 8.19. The van der Waals surface area contributed by atoms with Crippen LogP contribution in [0.2, 0.25) is 0 Å². The van der Waals surface area contributed by atoms with Crippen molar-refractivity contribution < 1.29 is 4.79 Å². The van der Waals surface area contributed by atoms with Crippen molar-refractivity contribution >= 4 is 5.91 Å². The number of aromatic nitrogens is 1. The summed E-state index contributed by atoms with van der Waals surface area (Å²) < 4.78 is 0. The molecule has 1 amide bonds. The fourth-order valence-electron chi connectivity index (χ4n) is 1.38. The smallest absolute Gasteiger partial charge is 0.234 e. The van der Waals surface area contributed by atoms with Crippen LogP contribution in [0.1, 0.15) is 11.6 Å². The molecule has 0 unspecified atom stereocenters. The Bertz CT molecular complexity index is 289. The zero-order valence-corrected chi connectivity index (χ0v) is 7.16. The highest BCUT2D eigenvalue weighted by molar-refractivity contribution is 5.78. The largest absolute Gasteiger partial charge is 0.353 e. The predicted molar refractivity (Wildman–Crippen MR) is 48.0 cm³/mol. The number of nitrogens with zero attached hydrogens (tertiary/aromatic N) is 1. The number of carbonyl (C=O) groups excluding carboxylic acids is 1. The monoisotopic (exact) mass is 177 g/mol. The van der Waals surface area contributed by atoms with Crippen LogP contribution in [0.25, 0.3) is 0 Å². The Hall–Kier alpha value is -1.42. The van der Waals surface area contributed by atoms with Gasteiger partial charge in [-0.25, -0.2) is 0 Å². The van der Waals surface area contributed by atoms with Crippen LogP contribution in [0.15, 0.2) is 24.5 Å². The minimum absolute atomic E-state index is 0.0557. The van der Waals surface area contributed by atoms with E-state index in [2.05, 4.69) is 15.6 Å². The summed E-state index contributed by atoms with van der Waals surface area (Å²) in [4.78, 5) is 14.9. The molecule has 0 saturated carbocycles.